The summed E-state index contributed by atoms with van der Waals surface area (Å²) in [6.07, 6.45) is -11.9. The number of carbonyl (C=O) groups is 20. The van der Waals surface area contributed by atoms with E-state index in [0.29, 0.717) is 5.56 Å². The summed E-state index contributed by atoms with van der Waals surface area (Å²) in [5, 5.41) is 98.6. The molecular formula is C56H79N13O28. The molecule has 0 radical (unpaired) electrons. The van der Waals surface area contributed by atoms with Gasteiger partial charge >= 0.3 is 47.8 Å². The molecule has 0 saturated heterocycles. The lowest BCUT2D eigenvalue weighted by Crippen LogP contribution is -2.60. The molecule has 0 spiro atoms. The topological polar surface area (TPSA) is 688 Å². The van der Waals surface area contributed by atoms with Gasteiger partial charge in [0.05, 0.1) is 19.0 Å². The fourth-order valence-electron chi connectivity index (χ4n) is 8.31. The van der Waals surface area contributed by atoms with E-state index in [1.54, 1.807) is 6.07 Å². The lowest BCUT2D eigenvalue weighted by molar-refractivity contribution is -0.142. The first kappa shape index (κ1) is 83.6. The number of hydrogen-bond acceptors (Lipinski definition) is 21. The SMILES string of the molecule is C[C@H](NC(=O)[C@H](CCC(=O)O)NC(=O)[C@H](CCC(=O)O)NC(=O)[C@H](CCC(=O)O)NC(=O)[C@H](C)NC(=O)[C@H](CCC(=O)O)NC(=O)[C@H](CCC(=O)O)NC(=O)CNC(=O)[C@H](Cc1ccccc1)NC(=O)[C@H](CC(=O)O)NC(=O)[C@H](CCC(=O)O)NC(=O)[C@@H](N)CCC(=O)O)C(N)=O. The number of carboxylic acid groups (broad SMARTS) is 8. The Morgan fingerprint density at radius 3 is 0.969 bits per heavy atom. The van der Waals surface area contributed by atoms with Crippen LogP contribution >= 0.6 is 0 Å². The van der Waals surface area contributed by atoms with Gasteiger partial charge in [-0.1, -0.05) is 30.3 Å². The molecule has 0 bridgehead atoms. The third-order valence-corrected chi connectivity index (χ3v) is 13.6. The molecule has 0 unspecified atom stereocenters. The number of carboxylic acids is 8. The van der Waals surface area contributed by atoms with Gasteiger partial charge in [-0.2, -0.15) is 0 Å². The zero-order valence-corrected chi connectivity index (χ0v) is 52.2. The predicted octanol–water partition coefficient (Wildman–Crippen LogP) is -7.43. The van der Waals surface area contributed by atoms with Crippen molar-refractivity contribution >= 4 is 119 Å². The minimum atomic E-state index is -2.07. The molecule has 97 heavy (non-hydrogen) atoms. The summed E-state index contributed by atoms with van der Waals surface area (Å²) < 4.78 is 0. The van der Waals surface area contributed by atoms with Crippen molar-refractivity contribution < 1.29 is 137 Å². The first-order valence-electron chi connectivity index (χ1n) is 29.4. The van der Waals surface area contributed by atoms with Gasteiger partial charge in [0.1, 0.15) is 60.4 Å². The van der Waals surface area contributed by atoms with Gasteiger partial charge in [-0.15, -0.1) is 0 Å². The highest BCUT2D eigenvalue weighted by molar-refractivity contribution is 6.00. The lowest BCUT2D eigenvalue weighted by atomic mass is 10.0. The van der Waals surface area contributed by atoms with Gasteiger partial charge in [-0.3, -0.25) is 95.9 Å². The number of primary amides is 1. The molecule has 0 aliphatic rings. The number of aliphatic carboxylic acids is 8. The van der Waals surface area contributed by atoms with Crippen LogP contribution in [0.2, 0.25) is 0 Å². The van der Waals surface area contributed by atoms with Crippen LogP contribution < -0.4 is 70.0 Å². The highest BCUT2D eigenvalue weighted by Crippen LogP contribution is 2.11. The van der Waals surface area contributed by atoms with Crippen molar-refractivity contribution in [3.8, 4) is 0 Å². The van der Waals surface area contributed by atoms with Crippen molar-refractivity contribution in [2.45, 2.75) is 183 Å². The Morgan fingerprint density at radius 2 is 0.619 bits per heavy atom. The third kappa shape index (κ3) is 34.9. The maximum atomic E-state index is 13.9. The highest BCUT2D eigenvalue weighted by atomic mass is 16.4. The number of rotatable bonds is 48. The fraction of sp³-hybridized carbons (Fsp3) is 0.536. The zero-order valence-electron chi connectivity index (χ0n) is 52.2. The minimum Gasteiger partial charge on any atom is -0.481 e. The second kappa shape index (κ2) is 42.7. The third-order valence-electron chi connectivity index (χ3n) is 13.6. The number of nitrogens with one attached hydrogen (secondary N) is 11. The number of amides is 12. The molecule has 1 aromatic rings. The molecule has 0 aromatic heterocycles. The van der Waals surface area contributed by atoms with Crippen LogP contribution in [0.1, 0.15) is 116 Å². The number of carbonyl (C=O) groups excluding carboxylic acids is 12. The van der Waals surface area contributed by atoms with Gasteiger partial charge in [-0.25, -0.2) is 0 Å². The molecule has 1 rings (SSSR count). The molecular weight excluding hydrogens is 1300 g/mol. The van der Waals surface area contributed by atoms with Crippen molar-refractivity contribution in [1.29, 1.82) is 0 Å². The van der Waals surface area contributed by atoms with Crippen LogP contribution in [0.3, 0.4) is 0 Å². The van der Waals surface area contributed by atoms with Gasteiger partial charge < -0.3 is 111 Å². The van der Waals surface area contributed by atoms with Crippen LogP contribution in [0.5, 0.6) is 0 Å². The number of hydrogen-bond donors (Lipinski definition) is 21. The molecule has 41 heteroatoms. The smallest absolute Gasteiger partial charge is 0.305 e. The second-order valence-electron chi connectivity index (χ2n) is 21.6. The van der Waals surface area contributed by atoms with Crippen molar-refractivity contribution in [3.05, 3.63) is 35.9 Å². The molecule has 0 aliphatic heterocycles. The zero-order chi connectivity index (χ0) is 73.8. The molecule has 23 N–H and O–H groups in total. The maximum absolute atomic E-state index is 13.9. The maximum Gasteiger partial charge on any atom is 0.305 e. The van der Waals surface area contributed by atoms with Crippen LogP contribution in [-0.4, -0.2) is 232 Å². The van der Waals surface area contributed by atoms with Crippen molar-refractivity contribution in [2.24, 2.45) is 11.5 Å². The molecule has 11 atom stereocenters. The predicted molar refractivity (Wildman–Crippen MR) is 321 cm³/mol. The van der Waals surface area contributed by atoms with Gasteiger partial charge in [0.2, 0.25) is 70.9 Å². The van der Waals surface area contributed by atoms with E-state index in [9.17, 15) is 132 Å². The van der Waals surface area contributed by atoms with E-state index in [4.69, 9.17) is 16.6 Å². The standard InChI is InChI=1S/C56H79N13O28/c1-25(46(58)87)60-50(91)30(10-17-40(75)76)66-54(95)34(14-21-44(83)84)67-53(94)32(12-19-42(79)80)63-47(88)26(2)61-51(92)31(11-18-41(77)78)65-52(93)29(9-16-39(73)74)62-37(70)24-59-49(90)35(22-27-6-4-3-5-7-27)68-56(97)36(23-45(85)86)69-55(96)33(13-20-43(81)82)64-48(89)28(57)8-15-38(71)72/h3-7,25-26,28-36H,8-24,57H2,1-2H3,(H2,58,87)(H,59,90)(H,60,91)(H,61,92)(H,62,70)(H,63,88)(H,64,89)(H,65,93)(H,66,95)(H,67,94)(H,68,97)(H,69,96)(H,71,72)(H,73,74)(H,75,76)(H,77,78)(H,79,80)(H,81,82)(H,83,84)(H,85,86)/t25-,26-,28-,29-,30-,31-,32-,33-,34-,35-,36-/m0/s1. The average molecular weight is 1380 g/mol. The molecule has 12 amide bonds. The largest absolute Gasteiger partial charge is 0.481 e. The monoisotopic (exact) mass is 1380 g/mol. The van der Waals surface area contributed by atoms with E-state index >= 15 is 0 Å². The summed E-state index contributed by atoms with van der Waals surface area (Å²) in [5.74, 6) is -27.1. The summed E-state index contributed by atoms with van der Waals surface area (Å²) >= 11 is 0. The van der Waals surface area contributed by atoms with Gasteiger partial charge in [0.25, 0.3) is 0 Å². The summed E-state index contributed by atoms with van der Waals surface area (Å²) in [5.41, 5.74) is 11.2. The average Bonchev–Trinajstić information content (AvgIpc) is 0.879. The summed E-state index contributed by atoms with van der Waals surface area (Å²) in [6, 6.07) is -12.2. The van der Waals surface area contributed by atoms with E-state index in [0.717, 1.165) is 13.8 Å². The van der Waals surface area contributed by atoms with Crippen molar-refractivity contribution in [2.75, 3.05) is 6.54 Å². The second-order valence-corrected chi connectivity index (χ2v) is 21.6. The fourth-order valence-corrected chi connectivity index (χ4v) is 8.31. The Kier molecular flexibility index (Phi) is 36.8. The molecule has 0 saturated carbocycles. The summed E-state index contributed by atoms with van der Waals surface area (Å²) in [4.78, 5) is 253. The van der Waals surface area contributed by atoms with E-state index in [1.165, 1.54) is 24.3 Å². The Bertz CT molecular complexity index is 3080. The van der Waals surface area contributed by atoms with Crippen molar-refractivity contribution in [1.82, 2.24) is 58.5 Å². The lowest BCUT2D eigenvalue weighted by Gasteiger charge is -2.26. The van der Waals surface area contributed by atoms with E-state index in [-0.39, 0.29) is 0 Å². The van der Waals surface area contributed by atoms with Gasteiger partial charge in [0, 0.05) is 51.4 Å². The Labute approximate surface area is 549 Å². The van der Waals surface area contributed by atoms with Crippen LogP contribution in [-0.2, 0) is 102 Å². The highest BCUT2D eigenvalue weighted by Gasteiger charge is 2.36. The number of nitrogens with two attached hydrogens (primary N) is 2. The quantitative estimate of drug-likeness (QED) is 0.0288. The van der Waals surface area contributed by atoms with Crippen LogP contribution in [0.15, 0.2) is 30.3 Å². The normalized spacial score (nSPS) is 14.1. The molecule has 0 heterocycles. The van der Waals surface area contributed by atoms with Crippen LogP contribution in [0.4, 0.5) is 0 Å². The van der Waals surface area contributed by atoms with Gasteiger partial charge in [-0.05, 0) is 64.4 Å². The summed E-state index contributed by atoms with van der Waals surface area (Å²) in [6.45, 7) is 1.04. The van der Waals surface area contributed by atoms with E-state index in [2.05, 4.69) is 58.5 Å². The van der Waals surface area contributed by atoms with Crippen molar-refractivity contribution in [3.63, 3.8) is 0 Å². The molecule has 0 aliphatic carbocycles. The van der Waals surface area contributed by atoms with Crippen LogP contribution in [0.25, 0.3) is 0 Å². The first-order valence-corrected chi connectivity index (χ1v) is 29.4. The minimum absolute atomic E-state index is 0.337. The first-order chi connectivity index (χ1) is 45.3. The van der Waals surface area contributed by atoms with Gasteiger partial charge in [0.15, 0.2) is 0 Å². The Morgan fingerprint density at radius 1 is 0.330 bits per heavy atom. The van der Waals surface area contributed by atoms with Crippen LogP contribution in [0, 0.1) is 0 Å². The molecule has 0 fully saturated rings. The van der Waals surface area contributed by atoms with E-state index < -0.39 is 294 Å². The van der Waals surface area contributed by atoms with E-state index in [1.807, 2.05) is 0 Å². The molecule has 536 valence electrons. The molecule has 41 nitrogen and oxygen atoms in total. The Balaban J connectivity index is 3.49. The molecule has 1 aromatic carbocycles. The summed E-state index contributed by atoms with van der Waals surface area (Å²) in [7, 11) is 0. The number of benzene rings is 1. The Hall–Kier alpha value is -11.4.